The zero-order chi connectivity index (χ0) is 13.5. The van der Waals surface area contributed by atoms with E-state index in [4.69, 9.17) is 23.1 Å². The Morgan fingerprint density at radius 2 is 2.11 bits per heavy atom. The van der Waals surface area contributed by atoms with Crippen LogP contribution < -0.4 is 11.5 Å². The highest BCUT2D eigenvalue weighted by molar-refractivity contribution is 7.98. The van der Waals surface area contributed by atoms with Crippen LogP contribution >= 0.6 is 23.4 Å². The van der Waals surface area contributed by atoms with E-state index in [9.17, 15) is 4.39 Å². The van der Waals surface area contributed by atoms with Crippen LogP contribution in [-0.4, -0.2) is 18.8 Å². The van der Waals surface area contributed by atoms with Crippen LogP contribution in [0.3, 0.4) is 0 Å². The van der Waals surface area contributed by atoms with Crippen LogP contribution in [0.5, 0.6) is 0 Å². The lowest BCUT2D eigenvalue weighted by molar-refractivity contribution is 0.620. The highest BCUT2D eigenvalue weighted by Crippen LogP contribution is 2.29. The molecule has 0 radical (unpaired) electrons. The molecule has 0 aliphatic heterocycles. The van der Waals surface area contributed by atoms with Gasteiger partial charge in [-0.3, -0.25) is 4.99 Å². The zero-order valence-corrected chi connectivity index (χ0v) is 11.8. The molecule has 1 rings (SSSR count). The number of hydrogen-bond donors (Lipinski definition) is 2. The highest BCUT2D eigenvalue weighted by Gasteiger charge is 2.08. The van der Waals surface area contributed by atoms with Crippen molar-refractivity contribution >= 4 is 29.3 Å². The van der Waals surface area contributed by atoms with Gasteiger partial charge in [0.05, 0.1) is 5.02 Å². The summed E-state index contributed by atoms with van der Waals surface area (Å²) in [4.78, 5) is 4.67. The van der Waals surface area contributed by atoms with E-state index in [1.165, 1.54) is 17.8 Å². The summed E-state index contributed by atoms with van der Waals surface area (Å²) in [5.41, 5.74) is 11.4. The fourth-order valence-corrected chi connectivity index (χ4v) is 2.45. The van der Waals surface area contributed by atoms with Crippen molar-refractivity contribution in [1.29, 1.82) is 0 Å². The van der Waals surface area contributed by atoms with Crippen LogP contribution in [-0.2, 0) is 6.42 Å². The van der Waals surface area contributed by atoms with Crippen molar-refractivity contribution in [2.24, 2.45) is 16.5 Å². The van der Waals surface area contributed by atoms with E-state index in [-0.39, 0.29) is 16.8 Å². The maximum Gasteiger partial charge on any atom is 0.185 e. The molecule has 0 atom stereocenters. The van der Waals surface area contributed by atoms with Crippen molar-refractivity contribution in [1.82, 2.24) is 0 Å². The third-order valence-electron chi connectivity index (χ3n) is 2.44. The number of thioether (sulfide) groups is 1. The molecule has 0 heterocycles. The predicted octanol–water partition coefficient (Wildman–Crippen LogP) is 2.80. The van der Waals surface area contributed by atoms with E-state index >= 15 is 0 Å². The van der Waals surface area contributed by atoms with Gasteiger partial charge in [0.1, 0.15) is 5.82 Å². The molecular weight excluding hydrogens is 273 g/mol. The van der Waals surface area contributed by atoms with E-state index in [2.05, 4.69) is 4.99 Å². The number of aliphatic imine (C=N–C) groups is 1. The van der Waals surface area contributed by atoms with Gasteiger partial charge in [-0.1, -0.05) is 11.6 Å². The zero-order valence-electron chi connectivity index (χ0n) is 10.2. The van der Waals surface area contributed by atoms with Crippen molar-refractivity contribution in [2.45, 2.75) is 24.2 Å². The Hall–Kier alpha value is -0.940. The topological polar surface area (TPSA) is 64.4 Å². The molecule has 1 aromatic rings. The summed E-state index contributed by atoms with van der Waals surface area (Å²) in [5.74, 6) is -0.250. The number of nitrogens with two attached hydrogens (primary N) is 2. The molecule has 18 heavy (non-hydrogen) atoms. The molecule has 0 spiro atoms. The van der Waals surface area contributed by atoms with Crippen molar-refractivity contribution in [3.05, 3.63) is 28.5 Å². The predicted molar refractivity (Wildman–Crippen MR) is 76.8 cm³/mol. The molecule has 4 N–H and O–H groups in total. The molecule has 1 aromatic carbocycles. The third-order valence-corrected chi connectivity index (χ3v) is 3.70. The molecule has 0 bridgehead atoms. The van der Waals surface area contributed by atoms with Crippen LogP contribution in [0.2, 0.25) is 5.02 Å². The second kappa shape index (κ2) is 7.48. The van der Waals surface area contributed by atoms with E-state index in [1.54, 1.807) is 0 Å². The first-order valence-electron chi connectivity index (χ1n) is 5.62. The molecular formula is C12H17ClFN3S. The number of benzene rings is 1. The smallest absolute Gasteiger partial charge is 0.185 e. The quantitative estimate of drug-likeness (QED) is 0.366. The van der Waals surface area contributed by atoms with Gasteiger partial charge in [0.2, 0.25) is 0 Å². The van der Waals surface area contributed by atoms with Gasteiger partial charge in [0, 0.05) is 11.4 Å². The minimum absolute atomic E-state index is 0.109. The van der Waals surface area contributed by atoms with Crippen molar-refractivity contribution in [3.8, 4) is 0 Å². The van der Waals surface area contributed by atoms with Gasteiger partial charge in [0.15, 0.2) is 5.96 Å². The van der Waals surface area contributed by atoms with Crippen molar-refractivity contribution in [3.63, 3.8) is 0 Å². The number of aryl methyl sites for hydroxylation is 1. The second-order valence-electron chi connectivity index (χ2n) is 3.86. The van der Waals surface area contributed by atoms with Gasteiger partial charge in [0.25, 0.3) is 0 Å². The summed E-state index contributed by atoms with van der Waals surface area (Å²) in [5, 5.41) is 0.201. The van der Waals surface area contributed by atoms with Gasteiger partial charge in [-0.05, 0) is 43.2 Å². The normalized spacial score (nSPS) is 10.4. The molecule has 0 aromatic heterocycles. The summed E-state index contributed by atoms with van der Waals surface area (Å²) in [7, 11) is 0. The molecule has 0 aliphatic carbocycles. The van der Waals surface area contributed by atoms with Crippen LogP contribution in [0.4, 0.5) is 4.39 Å². The average Bonchev–Trinajstić information content (AvgIpc) is 2.32. The summed E-state index contributed by atoms with van der Waals surface area (Å²) < 4.78 is 13.5. The molecule has 0 unspecified atom stereocenters. The number of rotatable bonds is 6. The standard InChI is InChI=1S/C12H17ClFN3S/c1-18-10-7-8(6-9(14)11(10)13)4-2-3-5-17-12(15)16/h6-7H,2-5H2,1H3,(H4,15,16,17). The first-order chi connectivity index (χ1) is 8.54. The lowest BCUT2D eigenvalue weighted by Crippen LogP contribution is -2.22. The van der Waals surface area contributed by atoms with Gasteiger partial charge in [-0.2, -0.15) is 0 Å². The van der Waals surface area contributed by atoms with Crippen LogP contribution in [0, 0.1) is 5.82 Å². The lowest BCUT2D eigenvalue weighted by atomic mass is 10.1. The maximum atomic E-state index is 13.5. The fourth-order valence-electron chi connectivity index (χ4n) is 1.56. The molecule has 0 aliphatic rings. The fraction of sp³-hybridized carbons (Fsp3) is 0.417. The first kappa shape index (κ1) is 15.1. The molecule has 100 valence electrons. The minimum atomic E-state index is -0.359. The van der Waals surface area contributed by atoms with Crippen molar-refractivity contribution < 1.29 is 4.39 Å². The lowest BCUT2D eigenvalue weighted by Gasteiger charge is -2.06. The highest BCUT2D eigenvalue weighted by atomic mass is 35.5. The van der Waals surface area contributed by atoms with E-state index in [0.29, 0.717) is 6.54 Å². The van der Waals surface area contributed by atoms with Crippen molar-refractivity contribution in [2.75, 3.05) is 12.8 Å². The Bertz CT molecular complexity index is 434. The largest absolute Gasteiger partial charge is 0.370 e. The number of nitrogens with zero attached hydrogens (tertiary/aromatic N) is 1. The van der Waals surface area contributed by atoms with Gasteiger partial charge in [-0.25, -0.2) is 4.39 Å². The summed E-state index contributed by atoms with van der Waals surface area (Å²) in [6.07, 6.45) is 4.45. The van der Waals surface area contributed by atoms with Gasteiger partial charge < -0.3 is 11.5 Å². The molecule has 3 nitrogen and oxygen atoms in total. The molecule has 0 saturated carbocycles. The monoisotopic (exact) mass is 289 g/mol. The van der Waals surface area contributed by atoms with Crippen LogP contribution in [0.15, 0.2) is 22.0 Å². The van der Waals surface area contributed by atoms with E-state index < -0.39 is 0 Å². The summed E-state index contributed by atoms with van der Waals surface area (Å²) in [6.45, 7) is 0.605. The molecule has 0 amide bonds. The average molecular weight is 290 g/mol. The summed E-state index contributed by atoms with van der Waals surface area (Å²) in [6, 6.07) is 3.42. The van der Waals surface area contributed by atoms with E-state index in [1.807, 2.05) is 12.3 Å². The molecule has 6 heteroatoms. The SMILES string of the molecule is CSc1cc(CCCCN=C(N)N)cc(F)c1Cl. The Labute approximate surface area is 116 Å². The van der Waals surface area contributed by atoms with E-state index in [0.717, 1.165) is 29.7 Å². The minimum Gasteiger partial charge on any atom is -0.370 e. The Kier molecular flexibility index (Phi) is 6.29. The number of hydrogen-bond acceptors (Lipinski definition) is 2. The third kappa shape index (κ3) is 4.74. The number of halogens is 2. The Balaban J connectivity index is 2.52. The summed E-state index contributed by atoms with van der Waals surface area (Å²) >= 11 is 7.29. The maximum absolute atomic E-state index is 13.5. The molecule has 0 saturated heterocycles. The first-order valence-corrected chi connectivity index (χ1v) is 7.22. The van der Waals surface area contributed by atoms with Crippen LogP contribution in [0.1, 0.15) is 18.4 Å². The number of guanidine groups is 1. The van der Waals surface area contributed by atoms with Crippen LogP contribution in [0.25, 0.3) is 0 Å². The number of unbranched alkanes of at least 4 members (excludes halogenated alkanes) is 1. The Morgan fingerprint density at radius 1 is 1.39 bits per heavy atom. The van der Waals surface area contributed by atoms with Gasteiger partial charge in [-0.15, -0.1) is 11.8 Å². The molecule has 0 fully saturated rings. The second-order valence-corrected chi connectivity index (χ2v) is 5.08. The Morgan fingerprint density at radius 3 is 2.72 bits per heavy atom. The van der Waals surface area contributed by atoms with Gasteiger partial charge >= 0.3 is 0 Å².